The van der Waals surface area contributed by atoms with Gasteiger partial charge in [0.05, 0.1) is 78.1 Å². The van der Waals surface area contributed by atoms with E-state index in [4.69, 9.17) is 0 Å². The summed E-state index contributed by atoms with van der Waals surface area (Å²) in [5.74, 6) is 0. The van der Waals surface area contributed by atoms with Gasteiger partial charge in [-0.2, -0.15) is 0 Å². The van der Waals surface area contributed by atoms with Gasteiger partial charge in [0.15, 0.2) is 0 Å². The summed E-state index contributed by atoms with van der Waals surface area (Å²) in [7, 11) is 0. The Kier molecular flexibility index (Phi) is 12.0. The molecule has 0 spiro atoms. The van der Waals surface area contributed by atoms with Crippen molar-refractivity contribution in [2.24, 2.45) is 0 Å². The van der Waals surface area contributed by atoms with E-state index in [2.05, 4.69) is 19.9 Å². The maximum Gasteiger partial charge on any atom is 0.0853 e. The number of hydrogen-bond acceptors (Lipinski definition) is 11. The summed E-state index contributed by atoms with van der Waals surface area (Å²) < 4.78 is 0. The third kappa shape index (κ3) is 9.71. The number of nitrogens with zero attached hydrogens (tertiary/aromatic N) is 6. The summed E-state index contributed by atoms with van der Waals surface area (Å²) in [6.45, 7) is 1.58. The average Bonchev–Trinajstić information content (AvgIpc) is 3.01. The van der Waals surface area contributed by atoms with Crippen molar-refractivity contribution >= 4 is 0 Å². The van der Waals surface area contributed by atoms with E-state index in [9.17, 15) is 25.5 Å². The first-order valence-electron chi connectivity index (χ1n) is 13.8. The molecule has 11 nitrogen and oxygen atoms in total. The van der Waals surface area contributed by atoms with Gasteiger partial charge in [0.1, 0.15) is 0 Å². The zero-order valence-electron chi connectivity index (χ0n) is 23.5. The number of aliphatic hydroxyl groups is 5. The van der Waals surface area contributed by atoms with E-state index in [1.165, 1.54) is 0 Å². The molecule has 4 heterocycles. The molecule has 0 amide bonds. The minimum absolute atomic E-state index is 0.164. The van der Waals surface area contributed by atoms with E-state index in [1.807, 2.05) is 58.3 Å². The topological polar surface area (TPSA) is 159 Å². The molecule has 4 aromatic rings. The molecule has 0 aliphatic heterocycles. The fraction of sp³-hybridized carbons (Fsp3) is 0.355. The molecule has 0 fully saturated rings. The third-order valence-corrected chi connectivity index (χ3v) is 6.59. The van der Waals surface area contributed by atoms with Crippen LogP contribution in [-0.4, -0.2) is 74.5 Å². The van der Waals surface area contributed by atoms with Crippen LogP contribution >= 0.6 is 0 Å². The minimum atomic E-state index is -0.783. The lowest BCUT2D eigenvalue weighted by Gasteiger charge is -2.29. The summed E-state index contributed by atoms with van der Waals surface area (Å²) in [4.78, 5) is 22.1. The largest absolute Gasteiger partial charge is 0.390 e. The molecule has 0 aliphatic carbocycles. The van der Waals surface area contributed by atoms with Gasteiger partial charge in [-0.1, -0.05) is 24.3 Å². The highest BCUT2D eigenvalue weighted by molar-refractivity contribution is 5.14. The maximum atomic E-state index is 11.4. The lowest BCUT2D eigenvalue weighted by atomic mass is 10.2. The van der Waals surface area contributed by atoms with Crippen LogP contribution < -0.4 is 0 Å². The van der Waals surface area contributed by atoms with Crippen LogP contribution in [0, 0.1) is 0 Å². The molecule has 42 heavy (non-hydrogen) atoms. The molecular formula is C31H38N6O5. The summed E-state index contributed by atoms with van der Waals surface area (Å²) in [6, 6.07) is 21.9. The van der Waals surface area contributed by atoms with Gasteiger partial charge in [-0.3, -0.25) is 29.7 Å². The zero-order chi connectivity index (χ0) is 29.7. The molecule has 0 atom stereocenters. The van der Waals surface area contributed by atoms with Crippen molar-refractivity contribution in [2.45, 2.75) is 58.7 Å². The molecule has 4 aromatic heterocycles. The summed E-state index contributed by atoms with van der Waals surface area (Å²) in [5.41, 5.74) is 5.25. The fourth-order valence-electron chi connectivity index (χ4n) is 4.76. The molecule has 0 bridgehead atoms. The van der Waals surface area contributed by atoms with Crippen molar-refractivity contribution in [1.29, 1.82) is 0 Å². The van der Waals surface area contributed by atoms with Crippen molar-refractivity contribution in [3.8, 4) is 0 Å². The van der Waals surface area contributed by atoms with Crippen molar-refractivity contribution < 1.29 is 25.5 Å². The molecule has 11 heteroatoms. The Balaban J connectivity index is 1.53. The van der Waals surface area contributed by atoms with Gasteiger partial charge >= 0.3 is 0 Å². The molecule has 0 unspecified atom stereocenters. The van der Waals surface area contributed by atoms with Crippen LogP contribution in [-0.2, 0) is 52.6 Å². The Morgan fingerprint density at radius 3 is 0.905 bits per heavy atom. The maximum absolute atomic E-state index is 11.4. The van der Waals surface area contributed by atoms with Crippen LogP contribution in [0.2, 0.25) is 0 Å². The van der Waals surface area contributed by atoms with Gasteiger partial charge in [-0.15, -0.1) is 0 Å². The molecule has 0 saturated heterocycles. The molecule has 0 aliphatic rings. The second kappa shape index (κ2) is 16.1. The Hall–Kier alpha value is -3.68. The van der Waals surface area contributed by atoms with E-state index in [-0.39, 0.29) is 26.4 Å². The highest BCUT2D eigenvalue weighted by Gasteiger charge is 2.19. The standard InChI is InChI=1S/C31H38N6O5/c38-19-27-9-1-5-23(32-27)13-36(14-24-6-2-10-28(20-39)33-24)17-31(42)18-37(15-25-7-3-11-29(21-40)34-25)16-26-8-4-12-30(22-41)35-26/h1-12,31,38-42H,13-22H2. The van der Waals surface area contributed by atoms with Gasteiger partial charge in [-0.25, -0.2) is 0 Å². The zero-order valence-corrected chi connectivity index (χ0v) is 23.5. The van der Waals surface area contributed by atoms with Crippen LogP contribution in [0.4, 0.5) is 0 Å². The summed E-state index contributed by atoms with van der Waals surface area (Å²) in [5, 5.41) is 49.6. The molecule has 222 valence electrons. The molecule has 0 aromatic carbocycles. The Morgan fingerprint density at radius 1 is 0.429 bits per heavy atom. The lowest BCUT2D eigenvalue weighted by molar-refractivity contribution is 0.0613. The molecular weight excluding hydrogens is 536 g/mol. The van der Waals surface area contributed by atoms with Crippen molar-refractivity contribution in [2.75, 3.05) is 13.1 Å². The van der Waals surface area contributed by atoms with E-state index >= 15 is 0 Å². The van der Waals surface area contributed by atoms with Crippen LogP contribution in [0.3, 0.4) is 0 Å². The fourth-order valence-corrected chi connectivity index (χ4v) is 4.76. The number of aromatic nitrogens is 4. The van der Waals surface area contributed by atoms with Crippen molar-refractivity contribution in [3.63, 3.8) is 0 Å². The van der Waals surface area contributed by atoms with Crippen molar-refractivity contribution in [1.82, 2.24) is 29.7 Å². The van der Waals surface area contributed by atoms with E-state index in [0.717, 1.165) is 22.8 Å². The van der Waals surface area contributed by atoms with Gasteiger partial charge < -0.3 is 25.5 Å². The number of aliphatic hydroxyl groups excluding tert-OH is 5. The average molecular weight is 575 g/mol. The second-order valence-electron chi connectivity index (χ2n) is 10.1. The predicted molar refractivity (Wildman–Crippen MR) is 155 cm³/mol. The summed E-state index contributed by atoms with van der Waals surface area (Å²) >= 11 is 0. The molecule has 4 rings (SSSR count). The Labute approximate surface area is 245 Å². The molecule has 0 radical (unpaired) electrons. The number of rotatable bonds is 16. The normalized spacial score (nSPS) is 11.6. The van der Waals surface area contributed by atoms with Gasteiger partial charge in [-0.05, 0) is 48.5 Å². The van der Waals surface area contributed by atoms with Gasteiger partial charge in [0.25, 0.3) is 0 Å². The first kappa shape index (κ1) is 31.3. The Bertz CT molecular complexity index is 1200. The van der Waals surface area contributed by atoms with Crippen LogP contribution in [0.15, 0.2) is 72.8 Å². The highest BCUT2D eigenvalue weighted by atomic mass is 16.3. The first-order chi connectivity index (χ1) is 20.5. The SMILES string of the molecule is OCc1cccc(CN(Cc2cccc(CO)n2)CC(O)CN(Cc2cccc(CO)n2)Cc2cccc(CO)n2)n1. The highest BCUT2D eigenvalue weighted by Crippen LogP contribution is 2.14. The first-order valence-corrected chi connectivity index (χ1v) is 13.8. The van der Waals surface area contributed by atoms with E-state index < -0.39 is 6.10 Å². The molecule has 5 N–H and O–H groups in total. The lowest BCUT2D eigenvalue weighted by Crippen LogP contribution is -2.40. The number of pyridine rings is 4. The van der Waals surface area contributed by atoms with Crippen LogP contribution in [0.25, 0.3) is 0 Å². The second-order valence-corrected chi connectivity index (χ2v) is 10.1. The van der Waals surface area contributed by atoms with Crippen LogP contribution in [0.5, 0.6) is 0 Å². The van der Waals surface area contributed by atoms with Crippen LogP contribution in [0.1, 0.15) is 45.6 Å². The van der Waals surface area contributed by atoms with E-state index in [1.54, 1.807) is 24.3 Å². The van der Waals surface area contributed by atoms with Crippen molar-refractivity contribution in [3.05, 3.63) is 118 Å². The van der Waals surface area contributed by atoms with E-state index in [0.29, 0.717) is 62.0 Å². The molecule has 0 saturated carbocycles. The van der Waals surface area contributed by atoms with Gasteiger partial charge in [0.2, 0.25) is 0 Å². The minimum Gasteiger partial charge on any atom is -0.390 e. The Morgan fingerprint density at radius 2 is 0.667 bits per heavy atom. The number of hydrogen-bond donors (Lipinski definition) is 5. The third-order valence-electron chi connectivity index (χ3n) is 6.59. The summed E-state index contributed by atoms with van der Waals surface area (Å²) in [6.07, 6.45) is -0.783. The smallest absolute Gasteiger partial charge is 0.0853 e. The predicted octanol–water partition coefficient (Wildman–Crippen LogP) is 1.30. The quantitative estimate of drug-likeness (QED) is 0.131. The van der Waals surface area contributed by atoms with Gasteiger partial charge in [0, 0.05) is 39.3 Å². The monoisotopic (exact) mass is 574 g/mol.